The number of aryl methyl sites for hydroxylation is 4. The van der Waals surface area contributed by atoms with E-state index in [2.05, 4.69) is 94.9 Å². The van der Waals surface area contributed by atoms with Crippen LogP contribution in [-0.2, 0) is 59.5 Å². The number of hydrogen-bond donors (Lipinski definition) is 3. The monoisotopic (exact) mass is 1160 g/mol. The van der Waals surface area contributed by atoms with Crippen molar-refractivity contribution in [1.29, 1.82) is 5.26 Å². The van der Waals surface area contributed by atoms with Crippen molar-refractivity contribution in [3.8, 4) is 6.07 Å². The van der Waals surface area contributed by atoms with E-state index in [9.17, 15) is 18.0 Å². The summed E-state index contributed by atoms with van der Waals surface area (Å²) < 4.78 is 31.3. The molecule has 2 aromatic heterocycles. The Bertz CT molecular complexity index is 2730. The van der Waals surface area contributed by atoms with E-state index in [1.54, 1.807) is 6.07 Å². The Morgan fingerprint density at radius 1 is 0.747 bits per heavy atom. The molecule has 1 unspecified atom stereocenters. The molecule has 2 amide bonds. The van der Waals surface area contributed by atoms with E-state index in [4.69, 9.17) is 29.5 Å². The molecule has 12 rings (SSSR count). The maximum Gasteiger partial charge on any atom is 1.00 e. The molecule has 4 atom stereocenters. The third-order valence-corrected chi connectivity index (χ3v) is 17.2. The number of amides is 2. The first-order valence-corrected chi connectivity index (χ1v) is 30.0. The molecule has 426 valence electrons. The first-order chi connectivity index (χ1) is 36.8. The molecule has 4 aliphatic heterocycles. The van der Waals surface area contributed by atoms with Gasteiger partial charge in [-0.3, -0.25) is 23.5 Å². The smallest absolute Gasteiger partial charge is 1.00 e. The summed E-state index contributed by atoms with van der Waals surface area (Å²) in [6.07, 6.45) is 17.0. The minimum atomic E-state index is -3.39. The predicted molar refractivity (Wildman–Crippen MR) is 299 cm³/mol. The number of carbonyl (C=O) groups is 3. The van der Waals surface area contributed by atoms with Crippen molar-refractivity contribution in [3.63, 3.8) is 0 Å². The number of piperazine rings is 2. The molecule has 3 N–H and O–H groups in total. The Kier molecular flexibility index (Phi) is 28.2. The van der Waals surface area contributed by atoms with Crippen LogP contribution in [0.4, 0.5) is 11.9 Å². The molecule has 0 spiro atoms. The van der Waals surface area contributed by atoms with Crippen LogP contribution in [0, 0.1) is 46.8 Å². The molecule has 0 bridgehead atoms. The maximum absolute atomic E-state index is 12.7. The molecule has 6 fully saturated rings. The number of imidazole rings is 2. The van der Waals surface area contributed by atoms with Gasteiger partial charge in [0.2, 0.25) is 23.7 Å². The first kappa shape index (κ1) is 67.7. The minimum Gasteiger partial charge on any atom is -1.00 e. The van der Waals surface area contributed by atoms with Gasteiger partial charge in [-0.25, -0.2) is 9.97 Å². The number of para-hydroxylation sites is 2. The molecule has 2 aromatic carbocycles. The van der Waals surface area contributed by atoms with Gasteiger partial charge in [0.1, 0.15) is 0 Å². The van der Waals surface area contributed by atoms with Crippen LogP contribution in [0.2, 0.25) is 0 Å². The van der Waals surface area contributed by atoms with Crippen molar-refractivity contribution < 1.29 is 141 Å². The van der Waals surface area contributed by atoms with Gasteiger partial charge in [0.25, 0.3) is 16.6 Å². The number of carbonyl (C=O) groups excluding carboxylic acids is 3. The Labute approximate surface area is 556 Å². The Morgan fingerprint density at radius 3 is 1.62 bits per heavy atom. The van der Waals surface area contributed by atoms with E-state index in [0.29, 0.717) is 23.9 Å². The van der Waals surface area contributed by atoms with Crippen molar-refractivity contribution in [2.24, 2.45) is 35.5 Å². The zero-order valence-electron chi connectivity index (χ0n) is 48.3. The van der Waals surface area contributed by atoms with Crippen molar-refractivity contribution in [3.05, 3.63) is 47.5 Å². The van der Waals surface area contributed by atoms with Crippen molar-refractivity contribution in [2.45, 2.75) is 143 Å². The number of hydrogen-bond acceptors (Lipinski definition) is 15. The topological polar surface area (TPSA) is 232 Å². The summed E-state index contributed by atoms with van der Waals surface area (Å²) in [6, 6.07) is 15.6. The number of rotatable bonds is 12. The largest absolute Gasteiger partial charge is 1.00 e. The molecular formula is C57H87K2N11O8S. The minimum absolute atomic E-state index is 0. The zero-order chi connectivity index (χ0) is 53.8. The van der Waals surface area contributed by atoms with E-state index < -0.39 is 10.1 Å². The second-order valence-corrected chi connectivity index (χ2v) is 24.1. The number of benzene rings is 2. The van der Waals surface area contributed by atoms with E-state index in [0.717, 1.165) is 127 Å². The van der Waals surface area contributed by atoms with Gasteiger partial charge in [0, 0.05) is 103 Å². The third kappa shape index (κ3) is 19.2. The van der Waals surface area contributed by atoms with Gasteiger partial charge in [0.15, 0.2) is 0 Å². The van der Waals surface area contributed by atoms with Crippen LogP contribution in [0.25, 0.3) is 22.1 Å². The van der Waals surface area contributed by atoms with Gasteiger partial charge in [-0.1, -0.05) is 45.5 Å². The molecule has 4 saturated carbocycles. The Morgan fingerprint density at radius 2 is 1.18 bits per heavy atom. The van der Waals surface area contributed by atoms with Crippen LogP contribution < -0.4 is 134 Å². The second-order valence-electron chi connectivity index (χ2n) is 22.5. The predicted octanol–water partition coefficient (Wildman–Crippen LogP) is -0.158. The average molecular weight is 1160 g/mol. The zero-order valence-corrected chi connectivity index (χ0v) is 54.4. The van der Waals surface area contributed by atoms with Gasteiger partial charge >= 0.3 is 103 Å². The molecule has 8 aliphatic rings. The maximum atomic E-state index is 12.7. The van der Waals surface area contributed by atoms with Gasteiger partial charge < -0.3 is 46.5 Å². The molecule has 4 aromatic rings. The van der Waals surface area contributed by atoms with E-state index >= 15 is 0 Å². The number of nitriles is 1. The number of anilines is 2. The molecule has 79 heavy (non-hydrogen) atoms. The van der Waals surface area contributed by atoms with Gasteiger partial charge in [-0.2, -0.15) is 13.7 Å². The number of aromatic nitrogens is 4. The summed E-state index contributed by atoms with van der Waals surface area (Å²) in [6.45, 7) is 17.7. The summed E-state index contributed by atoms with van der Waals surface area (Å²) in [4.78, 5) is 53.3. The third-order valence-electron chi connectivity index (χ3n) is 16.6. The van der Waals surface area contributed by atoms with Gasteiger partial charge in [0.05, 0.1) is 41.0 Å². The molecule has 6 heterocycles. The fourth-order valence-corrected chi connectivity index (χ4v) is 12.6. The fraction of sp³-hybridized carbons (Fsp3) is 0.684. The van der Waals surface area contributed by atoms with Crippen LogP contribution in [0.1, 0.15) is 118 Å². The molecule has 2 saturated heterocycles. The van der Waals surface area contributed by atoms with E-state index in [1.165, 1.54) is 105 Å². The summed E-state index contributed by atoms with van der Waals surface area (Å²) in [5.41, 5.74) is 7.96. The average Bonchev–Trinajstić information content (AvgIpc) is 4.33. The van der Waals surface area contributed by atoms with Crippen molar-refractivity contribution in [2.75, 3.05) is 81.6 Å². The standard InChI is InChI=1S/C26H37N5O.C14H18N4.C13H23NO4S.C2H3N.CH2O3.CH4.2K.H/c1-18-7-9-21(10-8-18)27-25(32)22-16-20(22)17-29-12-14-30(15-13-29)26-28-23-6-2-4-19-5-3-11-31(26)24(19)23;1-3-11-4-2-8-18-13(11)12(5-1)16-14(18)17-9-6-15-7-10-17;1-9-3-5-11(6-4-9)14-13(15)12-7-10(12)8-18-19(2,16)17;1-2-3;2-1-4-3;;;;/h2,4,6,18,20-22H,3,5,7-17H2,1H3,(H,27,32);1,3,5,15H,2,4,6-10H2;9-12H,3-8H2,1-2H3,(H,14,15);1H3;1,3H;1H4;;;/q;;;;;;2*+1;-1/p-1/t18?,20-,21?,22+;;9?,10-,11?,12?;;;;;;/m0.0....../s1. The van der Waals surface area contributed by atoms with E-state index in [1.807, 2.05) is 0 Å². The molecule has 22 heteroatoms. The number of nitrogens with one attached hydrogen (secondary N) is 3. The Balaban J connectivity index is 0.000000249. The Hall–Kier alpha value is -2.06. The van der Waals surface area contributed by atoms with Crippen molar-refractivity contribution >= 4 is 62.4 Å². The number of nitrogens with zero attached hydrogens (tertiary/aromatic N) is 8. The summed E-state index contributed by atoms with van der Waals surface area (Å²) in [5, 5.41) is 25.6. The van der Waals surface area contributed by atoms with Gasteiger partial charge in [-0.05, 0) is 137 Å². The summed E-state index contributed by atoms with van der Waals surface area (Å²) >= 11 is 0. The molecule has 4 aliphatic carbocycles. The normalized spacial score (nSPS) is 25.5. The quantitative estimate of drug-likeness (QED) is 0.0551. The van der Waals surface area contributed by atoms with Crippen molar-refractivity contribution in [1.82, 2.24) is 40.0 Å². The fourth-order valence-electron chi connectivity index (χ4n) is 12.1. The summed E-state index contributed by atoms with van der Waals surface area (Å²) in [5.74, 6) is 5.17. The summed E-state index contributed by atoms with van der Waals surface area (Å²) in [7, 11) is -3.39. The van der Waals surface area contributed by atoms with Crippen LogP contribution in [-0.4, -0.2) is 135 Å². The van der Waals surface area contributed by atoms with Crippen LogP contribution in [0.5, 0.6) is 0 Å². The first-order valence-electron chi connectivity index (χ1n) is 28.1. The van der Waals surface area contributed by atoms with Crippen LogP contribution in [0.3, 0.4) is 0 Å². The molecule has 0 radical (unpaired) electrons. The van der Waals surface area contributed by atoms with Crippen LogP contribution >= 0.6 is 0 Å². The van der Waals surface area contributed by atoms with Gasteiger partial charge in [-0.15, -0.1) is 0 Å². The SMILES string of the molecule is C.CC#N.CC1CCC(NC(=O)C2C[C@H]2COS(C)(=O)=O)CC1.CC1CCC(NC(=O)[C@@H]2C[C@H]2CN2CCN(c3nc4cccc5c4n3CCC5)CC2)CC1.O=CO[O-].[H-].[K+].[K+].c1cc2c3c(c1)nc(N1CCNCC1)n3CCC2. The van der Waals surface area contributed by atoms with E-state index in [-0.39, 0.29) is 148 Å². The molecule has 19 nitrogen and oxygen atoms in total. The van der Waals surface area contributed by atoms with Crippen LogP contribution in [0.15, 0.2) is 36.4 Å². The second kappa shape index (κ2) is 32.9. The molecular weight excluding hydrogens is 1080 g/mol.